The van der Waals surface area contributed by atoms with E-state index in [-0.39, 0.29) is 0 Å². The van der Waals surface area contributed by atoms with Gasteiger partial charge >= 0.3 is 0 Å². The molecule has 0 aliphatic rings. The number of nitriles is 1. The molecular formula is C20H22N2. The zero-order chi connectivity index (χ0) is 16.3. The van der Waals surface area contributed by atoms with Gasteiger partial charge in [-0.1, -0.05) is 31.2 Å². The quantitative estimate of drug-likeness (QED) is 0.817. The lowest BCUT2D eigenvalue weighted by atomic mass is 9.88. The van der Waals surface area contributed by atoms with Crippen LogP contribution in [0.1, 0.15) is 46.7 Å². The van der Waals surface area contributed by atoms with Gasteiger partial charge in [-0.05, 0) is 72.7 Å². The van der Waals surface area contributed by atoms with Crippen LogP contribution in [0.15, 0.2) is 36.4 Å². The summed E-state index contributed by atoms with van der Waals surface area (Å²) in [5.41, 5.74) is 14.3. The molecule has 2 aromatic rings. The van der Waals surface area contributed by atoms with Crippen LogP contribution < -0.4 is 5.73 Å². The second kappa shape index (κ2) is 6.49. The van der Waals surface area contributed by atoms with Crippen LogP contribution in [0.3, 0.4) is 0 Å². The summed E-state index contributed by atoms with van der Waals surface area (Å²) in [5.74, 6) is 0. The molecule has 2 aromatic carbocycles. The smallest absolute Gasteiger partial charge is 0.0994 e. The van der Waals surface area contributed by atoms with Crippen molar-refractivity contribution in [3.8, 4) is 6.07 Å². The first-order valence-corrected chi connectivity index (χ1v) is 7.57. The van der Waals surface area contributed by atoms with Crippen molar-refractivity contribution in [2.75, 3.05) is 5.73 Å². The van der Waals surface area contributed by atoms with E-state index in [1.165, 1.54) is 5.56 Å². The van der Waals surface area contributed by atoms with E-state index in [2.05, 4.69) is 38.1 Å². The molecular weight excluding hydrogens is 268 g/mol. The number of hydrogen-bond donors (Lipinski definition) is 1. The molecule has 0 aliphatic carbocycles. The van der Waals surface area contributed by atoms with Crippen molar-refractivity contribution in [2.24, 2.45) is 0 Å². The van der Waals surface area contributed by atoms with Gasteiger partial charge in [0.15, 0.2) is 0 Å². The molecule has 2 N–H and O–H groups in total. The number of anilines is 1. The maximum atomic E-state index is 9.33. The van der Waals surface area contributed by atoms with Crippen molar-refractivity contribution < 1.29 is 0 Å². The Morgan fingerprint density at radius 2 is 1.86 bits per heavy atom. The molecule has 0 radical (unpaired) electrons. The largest absolute Gasteiger partial charge is 0.398 e. The van der Waals surface area contributed by atoms with E-state index < -0.39 is 0 Å². The molecule has 0 spiro atoms. The van der Waals surface area contributed by atoms with Crippen molar-refractivity contribution in [3.63, 3.8) is 0 Å². The van der Waals surface area contributed by atoms with Gasteiger partial charge in [-0.3, -0.25) is 0 Å². The molecule has 22 heavy (non-hydrogen) atoms. The number of allylic oxidation sites excluding steroid dienone is 1. The Labute approximate surface area is 132 Å². The molecule has 2 rings (SSSR count). The number of rotatable bonds is 3. The van der Waals surface area contributed by atoms with Gasteiger partial charge in [0.05, 0.1) is 11.6 Å². The Bertz CT molecular complexity index is 777. The molecule has 0 aromatic heterocycles. The van der Waals surface area contributed by atoms with Gasteiger partial charge in [-0.25, -0.2) is 0 Å². The van der Waals surface area contributed by atoms with Gasteiger partial charge in [0, 0.05) is 5.69 Å². The van der Waals surface area contributed by atoms with Crippen molar-refractivity contribution in [1.29, 1.82) is 5.26 Å². The average Bonchev–Trinajstić information content (AvgIpc) is 2.49. The van der Waals surface area contributed by atoms with Crippen LogP contribution in [0.4, 0.5) is 5.69 Å². The van der Waals surface area contributed by atoms with Crippen molar-refractivity contribution in [1.82, 2.24) is 0 Å². The third kappa shape index (κ3) is 2.89. The summed E-state index contributed by atoms with van der Waals surface area (Å²) in [5, 5.41) is 9.33. The van der Waals surface area contributed by atoms with Crippen LogP contribution in [0.5, 0.6) is 0 Å². The summed E-state index contributed by atoms with van der Waals surface area (Å²) in [6.45, 7) is 8.23. The molecule has 2 nitrogen and oxygen atoms in total. The molecule has 0 fully saturated rings. The van der Waals surface area contributed by atoms with E-state index in [0.717, 1.165) is 45.5 Å². The van der Waals surface area contributed by atoms with Crippen molar-refractivity contribution >= 4 is 11.3 Å². The van der Waals surface area contributed by atoms with E-state index in [1.54, 1.807) is 0 Å². The van der Waals surface area contributed by atoms with Crippen molar-refractivity contribution in [3.05, 3.63) is 69.8 Å². The first-order valence-electron chi connectivity index (χ1n) is 7.57. The SMILES string of the molecule is CC/C=C(\c1cc(C#N)c(C)cc1C)c1cccc(N)c1C. The van der Waals surface area contributed by atoms with E-state index in [9.17, 15) is 5.26 Å². The monoisotopic (exact) mass is 290 g/mol. The Balaban J connectivity index is 2.72. The topological polar surface area (TPSA) is 49.8 Å². The number of hydrogen-bond acceptors (Lipinski definition) is 2. The average molecular weight is 290 g/mol. The molecule has 0 amide bonds. The van der Waals surface area contributed by atoms with Gasteiger partial charge in [0.1, 0.15) is 0 Å². The highest BCUT2D eigenvalue weighted by molar-refractivity contribution is 5.85. The number of nitrogen functional groups attached to an aromatic ring is 1. The molecule has 0 bridgehead atoms. The molecule has 0 saturated carbocycles. The number of nitrogens with two attached hydrogens (primary N) is 1. The summed E-state index contributed by atoms with van der Waals surface area (Å²) in [4.78, 5) is 0. The Morgan fingerprint density at radius 3 is 2.50 bits per heavy atom. The fourth-order valence-corrected chi connectivity index (χ4v) is 2.78. The van der Waals surface area contributed by atoms with E-state index in [0.29, 0.717) is 0 Å². The summed E-state index contributed by atoms with van der Waals surface area (Å²) in [7, 11) is 0. The highest BCUT2D eigenvalue weighted by Gasteiger charge is 2.13. The number of benzene rings is 2. The van der Waals surface area contributed by atoms with E-state index >= 15 is 0 Å². The normalized spacial score (nSPS) is 11.3. The van der Waals surface area contributed by atoms with Crippen LogP contribution in [-0.2, 0) is 0 Å². The molecule has 0 heterocycles. The molecule has 112 valence electrons. The first kappa shape index (κ1) is 15.9. The summed E-state index contributed by atoms with van der Waals surface area (Å²) in [6.07, 6.45) is 3.14. The van der Waals surface area contributed by atoms with Gasteiger partial charge < -0.3 is 5.73 Å². The summed E-state index contributed by atoms with van der Waals surface area (Å²) < 4.78 is 0. The minimum absolute atomic E-state index is 0.726. The predicted molar refractivity (Wildman–Crippen MR) is 93.6 cm³/mol. The fourth-order valence-electron chi connectivity index (χ4n) is 2.78. The Morgan fingerprint density at radius 1 is 1.14 bits per heavy atom. The molecule has 0 aliphatic heterocycles. The third-order valence-electron chi connectivity index (χ3n) is 4.06. The second-order valence-corrected chi connectivity index (χ2v) is 5.64. The molecule has 0 saturated heterocycles. The van der Waals surface area contributed by atoms with Gasteiger partial charge in [0.25, 0.3) is 0 Å². The van der Waals surface area contributed by atoms with E-state index in [1.807, 2.05) is 32.0 Å². The zero-order valence-electron chi connectivity index (χ0n) is 13.7. The van der Waals surface area contributed by atoms with Gasteiger partial charge in [0.2, 0.25) is 0 Å². The minimum atomic E-state index is 0.726. The maximum Gasteiger partial charge on any atom is 0.0994 e. The predicted octanol–water partition coefficient (Wildman–Crippen LogP) is 4.91. The number of aryl methyl sites for hydroxylation is 2. The lowest BCUT2D eigenvalue weighted by Crippen LogP contribution is -1.99. The number of nitrogens with zero attached hydrogens (tertiary/aromatic N) is 1. The molecule has 0 atom stereocenters. The summed E-state index contributed by atoms with van der Waals surface area (Å²) >= 11 is 0. The maximum absolute atomic E-state index is 9.33. The van der Waals surface area contributed by atoms with Gasteiger partial charge in [-0.2, -0.15) is 5.26 Å². The first-order chi connectivity index (χ1) is 10.5. The standard InChI is InChI=1S/C20H22N2/c1-5-7-18(17-8-6-9-20(22)15(17)4)19-11-16(12-21)13(2)10-14(19)3/h6-11H,5,22H2,1-4H3/b18-7-. The van der Waals surface area contributed by atoms with Crippen LogP contribution in [-0.4, -0.2) is 0 Å². The van der Waals surface area contributed by atoms with Crippen LogP contribution in [0.25, 0.3) is 5.57 Å². The van der Waals surface area contributed by atoms with E-state index in [4.69, 9.17) is 5.73 Å². The van der Waals surface area contributed by atoms with Gasteiger partial charge in [-0.15, -0.1) is 0 Å². The van der Waals surface area contributed by atoms with Crippen LogP contribution in [0, 0.1) is 32.1 Å². The van der Waals surface area contributed by atoms with Crippen molar-refractivity contribution in [2.45, 2.75) is 34.1 Å². The van der Waals surface area contributed by atoms with Crippen LogP contribution in [0.2, 0.25) is 0 Å². The minimum Gasteiger partial charge on any atom is -0.398 e. The highest BCUT2D eigenvalue weighted by atomic mass is 14.6. The second-order valence-electron chi connectivity index (χ2n) is 5.64. The Hall–Kier alpha value is -2.53. The summed E-state index contributed by atoms with van der Waals surface area (Å²) in [6, 6.07) is 12.4. The van der Waals surface area contributed by atoms with Crippen LogP contribution >= 0.6 is 0 Å². The zero-order valence-corrected chi connectivity index (χ0v) is 13.7. The fraction of sp³-hybridized carbons (Fsp3) is 0.250. The molecule has 2 heteroatoms. The Kier molecular flexibility index (Phi) is 4.68. The molecule has 0 unspecified atom stereocenters. The highest BCUT2D eigenvalue weighted by Crippen LogP contribution is 2.32. The third-order valence-corrected chi connectivity index (χ3v) is 4.06. The lowest BCUT2D eigenvalue weighted by molar-refractivity contribution is 1.21. The lowest BCUT2D eigenvalue weighted by Gasteiger charge is -2.16.